The van der Waals surface area contributed by atoms with E-state index >= 15 is 0 Å². The summed E-state index contributed by atoms with van der Waals surface area (Å²) < 4.78 is 4.72. The molecule has 3 aromatic rings. The number of rotatable bonds is 4. The maximum atomic E-state index is 8.90. The predicted octanol–water partition coefficient (Wildman–Crippen LogP) is 3.16. The summed E-state index contributed by atoms with van der Waals surface area (Å²) in [6, 6.07) is 9.66. The van der Waals surface area contributed by atoms with Gasteiger partial charge < -0.3 is 4.57 Å². The molecule has 0 radical (unpaired) electrons. The molecule has 0 aliphatic carbocycles. The number of imidazole rings is 1. The molecule has 0 fully saturated rings. The first-order chi connectivity index (χ1) is 10.7. The van der Waals surface area contributed by atoms with Crippen LogP contribution >= 0.6 is 15.9 Å². The third-order valence-corrected chi connectivity index (χ3v) is 4.06. The Bertz CT molecular complexity index is 823. The average molecular weight is 356 g/mol. The van der Waals surface area contributed by atoms with Crippen LogP contribution in [-0.2, 0) is 20.0 Å². The van der Waals surface area contributed by atoms with Gasteiger partial charge in [-0.05, 0) is 40.0 Å². The van der Waals surface area contributed by atoms with Crippen LogP contribution in [0.4, 0.5) is 0 Å². The van der Waals surface area contributed by atoms with Crippen LogP contribution in [0, 0.1) is 11.3 Å². The highest BCUT2D eigenvalue weighted by atomic mass is 79.9. The summed E-state index contributed by atoms with van der Waals surface area (Å²) in [7, 11) is 1.92. The van der Waals surface area contributed by atoms with Crippen molar-refractivity contribution < 1.29 is 0 Å². The van der Waals surface area contributed by atoms with Gasteiger partial charge in [0.1, 0.15) is 4.60 Å². The largest absolute Gasteiger partial charge is 0.329 e. The molecule has 0 saturated heterocycles. The standard InChI is InChI=1S/C16H14BrN5/c1-21-10-13(9-20-21)6-7-22-11-19-16(17)15(22)14-4-2-12(8-18)3-5-14/h2-5,9-11H,6-7H2,1H3. The van der Waals surface area contributed by atoms with Crippen LogP contribution in [0.2, 0.25) is 0 Å². The Kier molecular flexibility index (Phi) is 4.07. The molecule has 6 heteroatoms. The number of nitriles is 1. The molecule has 0 N–H and O–H groups in total. The Morgan fingerprint density at radius 1 is 1.27 bits per heavy atom. The van der Waals surface area contributed by atoms with Gasteiger partial charge in [-0.15, -0.1) is 0 Å². The molecule has 0 unspecified atom stereocenters. The number of aromatic nitrogens is 4. The zero-order valence-corrected chi connectivity index (χ0v) is 13.7. The first-order valence-electron chi connectivity index (χ1n) is 6.86. The van der Waals surface area contributed by atoms with Gasteiger partial charge in [-0.3, -0.25) is 4.68 Å². The van der Waals surface area contributed by atoms with Crippen molar-refractivity contribution in [2.24, 2.45) is 7.05 Å². The molecular formula is C16H14BrN5. The van der Waals surface area contributed by atoms with E-state index in [1.54, 1.807) is 4.68 Å². The van der Waals surface area contributed by atoms with E-state index in [1.807, 2.05) is 50.0 Å². The minimum atomic E-state index is 0.654. The average Bonchev–Trinajstić information content (AvgIpc) is 3.11. The molecular weight excluding hydrogens is 342 g/mol. The molecule has 0 amide bonds. The lowest BCUT2D eigenvalue weighted by molar-refractivity contribution is 0.700. The van der Waals surface area contributed by atoms with E-state index < -0.39 is 0 Å². The minimum Gasteiger partial charge on any atom is -0.329 e. The molecule has 0 bridgehead atoms. The van der Waals surface area contributed by atoms with E-state index in [0.29, 0.717) is 5.56 Å². The van der Waals surface area contributed by atoms with Crippen molar-refractivity contribution in [1.82, 2.24) is 19.3 Å². The van der Waals surface area contributed by atoms with Crippen LogP contribution in [0.5, 0.6) is 0 Å². The second-order valence-corrected chi connectivity index (χ2v) is 5.79. The Hall–Kier alpha value is -2.39. The zero-order valence-electron chi connectivity index (χ0n) is 12.1. The molecule has 0 aliphatic rings. The second kappa shape index (κ2) is 6.16. The van der Waals surface area contributed by atoms with Crippen molar-refractivity contribution in [3.63, 3.8) is 0 Å². The van der Waals surface area contributed by atoms with E-state index in [0.717, 1.165) is 28.8 Å². The molecule has 0 saturated carbocycles. The third kappa shape index (κ3) is 2.95. The van der Waals surface area contributed by atoms with Crippen LogP contribution in [0.25, 0.3) is 11.3 Å². The van der Waals surface area contributed by atoms with Gasteiger partial charge in [0, 0.05) is 25.4 Å². The van der Waals surface area contributed by atoms with E-state index in [9.17, 15) is 0 Å². The topological polar surface area (TPSA) is 59.4 Å². The van der Waals surface area contributed by atoms with E-state index in [-0.39, 0.29) is 0 Å². The number of hydrogen-bond acceptors (Lipinski definition) is 3. The van der Waals surface area contributed by atoms with Crippen molar-refractivity contribution in [3.05, 3.63) is 58.7 Å². The van der Waals surface area contributed by atoms with Crippen molar-refractivity contribution in [2.75, 3.05) is 0 Å². The van der Waals surface area contributed by atoms with Crippen molar-refractivity contribution >= 4 is 15.9 Å². The van der Waals surface area contributed by atoms with Crippen molar-refractivity contribution in [3.8, 4) is 17.3 Å². The van der Waals surface area contributed by atoms with Gasteiger partial charge in [-0.25, -0.2) is 4.98 Å². The van der Waals surface area contributed by atoms with Gasteiger partial charge in [0.2, 0.25) is 0 Å². The SMILES string of the molecule is Cn1cc(CCn2cnc(Br)c2-c2ccc(C#N)cc2)cn1. The minimum absolute atomic E-state index is 0.654. The Labute approximate surface area is 137 Å². The first-order valence-corrected chi connectivity index (χ1v) is 7.65. The highest BCUT2D eigenvalue weighted by molar-refractivity contribution is 9.10. The Morgan fingerprint density at radius 2 is 2.05 bits per heavy atom. The quantitative estimate of drug-likeness (QED) is 0.722. The predicted molar refractivity (Wildman–Crippen MR) is 87.0 cm³/mol. The van der Waals surface area contributed by atoms with E-state index in [2.05, 4.69) is 36.6 Å². The lowest BCUT2D eigenvalue weighted by Gasteiger charge is -2.08. The summed E-state index contributed by atoms with van der Waals surface area (Å²) in [4.78, 5) is 4.35. The Balaban J connectivity index is 1.85. The number of hydrogen-bond donors (Lipinski definition) is 0. The summed E-state index contributed by atoms with van der Waals surface area (Å²) in [6.07, 6.45) is 6.62. The summed E-state index contributed by atoms with van der Waals surface area (Å²) >= 11 is 3.51. The lowest BCUT2D eigenvalue weighted by atomic mass is 10.1. The third-order valence-electron chi connectivity index (χ3n) is 3.48. The van der Waals surface area contributed by atoms with Crippen molar-refractivity contribution in [1.29, 1.82) is 5.26 Å². The van der Waals surface area contributed by atoms with Crippen LogP contribution in [0.3, 0.4) is 0 Å². The van der Waals surface area contributed by atoms with Crippen LogP contribution in [-0.4, -0.2) is 19.3 Å². The molecule has 0 spiro atoms. The lowest BCUT2D eigenvalue weighted by Crippen LogP contribution is -2.02. The molecule has 1 aromatic carbocycles. The molecule has 5 nitrogen and oxygen atoms in total. The summed E-state index contributed by atoms with van der Waals surface area (Å²) in [5.74, 6) is 0. The van der Waals surface area contributed by atoms with E-state index in [1.165, 1.54) is 5.56 Å². The number of aryl methyl sites for hydroxylation is 3. The Morgan fingerprint density at radius 3 is 2.68 bits per heavy atom. The van der Waals surface area contributed by atoms with Crippen LogP contribution in [0.1, 0.15) is 11.1 Å². The van der Waals surface area contributed by atoms with Gasteiger partial charge >= 0.3 is 0 Å². The number of halogens is 1. The highest BCUT2D eigenvalue weighted by Crippen LogP contribution is 2.27. The molecule has 2 aromatic heterocycles. The first kappa shape index (κ1) is 14.5. The fourth-order valence-electron chi connectivity index (χ4n) is 2.37. The van der Waals surface area contributed by atoms with Crippen LogP contribution < -0.4 is 0 Å². The summed E-state index contributed by atoms with van der Waals surface area (Å²) in [5, 5.41) is 13.1. The number of nitrogens with zero attached hydrogens (tertiary/aromatic N) is 5. The maximum Gasteiger partial charge on any atom is 0.132 e. The van der Waals surface area contributed by atoms with E-state index in [4.69, 9.17) is 5.26 Å². The fourth-order valence-corrected chi connectivity index (χ4v) is 2.91. The molecule has 2 heterocycles. The second-order valence-electron chi connectivity index (χ2n) is 5.04. The monoisotopic (exact) mass is 355 g/mol. The van der Waals surface area contributed by atoms with Crippen LogP contribution in [0.15, 0.2) is 47.6 Å². The van der Waals surface area contributed by atoms with Gasteiger partial charge in [0.05, 0.1) is 29.9 Å². The smallest absolute Gasteiger partial charge is 0.132 e. The van der Waals surface area contributed by atoms with Gasteiger partial charge in [0.25, 0.3) is 0 Å². The van der Waals surface area contributed by atoms with Crippen molar-refractivity contribution in [2.45, 2.75) is 13.0 Å². The summed E-state index contributed by atoms with van der Waals surface area (Å²) in [6.45, 7) is 0.819. The van der Waals surface area contributed by atoms with Gasteiger partial charge in [0.15, 0.2) is 0 Å². The fraction of sp³-hybridized carbons (Fsp3) is 0.188. The highest BCUT2D eigenvalue weighted by Gasteiger charge is 2.11. The number of benzene rings is 1. The molecule has 3 rings (SSSR count). The molecule has 22 heavy (non-hydrogen) atoms. The van der Waals surface area contributed by atoms with Gasteiger partial charge in [-0.2, -0.15) is 10.4 Å². The molecule has 0 aliphatic heterocycles. The summed E-state index contributed by atoms with van der Waals surface area (Å²) in [5.41, 5.74) is 3.90. The molecule has 110 valence electrons. The normalized spacial score (nSPS) is 10.6. The zero-order chi connectivity index (χ0) is 15.5. The maximum absolute atomic E-state index is 8.90. The van der Waals surface area contributed by atoms with Gasteiger partial charge in [-0.1, -0.05) is 12.1 Å². The molecule has 0 atom stereocenters.